The van der Waals surface area contributed by atoms with Gasteiger partial charge in [-0.1, -0.05) is 59.7 Å². The van der Waals surface area contributed by atoms with Crippen molar-refractivity contribution in [3.8, 4) is 0 Å². The third kappa shape index (κ3) is 2.17. The van der Waals surface area contributed by atoms with Gasteiger partial charge in [-0.25, -0.2) is 0 Å². The normalized spacial score (nSPS) is 44.8. The van der Waals surface area contributed by atoms with Crippen molar-refractivity contribution in [2.75, 3.05) is 0 Å². The maximum atomic E-state index is 5.50. The second kappa shape index (κ2) is 5.73. The number of nitrogens with zero attached hydrogens (tertiary/aromatic N) is 1. The molecule has 0 spiro atoms. The minimum Gasteiger partial charge on any atom is -0.257 e. The summed E-state index contributed by atoms with van der Waals surface area (Å²) >= 11 is 0. The van der Waals surface area contributed by atoms with E-state index >= 15 is 0 Å². The zero-order valence-electron chi connectivity index (χ0n) is 18.9. The van der Waals surface area contributed by atoms with Gasteiger partial charge in [0.2, 0.25) is 0 Å². The van der Waals surface area contributed by atoms with Gasteiger partial charge in [0.05, 0.1) is 5.69 Å². The summed E-state index contributed by atoms with van der Waals surface area (Å²) in [5.74, 6) is 3.09. The van der Waals surface area contributed by atoms with E-state index in [2.05, 4.69) is 71.9 Å². The van der Waals surface area contributed by atoms with Crippen LogP contribution < -0.4 is 0 Å². The van der Waals surface area contributed by atoms with E-state index in [1.165, 1.54) is 44.2 Å². The number of hydrogen-bond acceptors (Lipinski definition) is 1. The minimum absolute atomic E-state index is 0.410. The molecule has 6 atom stereocenters. The van der Waals surface area contributed by atoms with E-state index in [1.807, 2.05) is 0 Å². The molecule has 5 rings (SSSR count). The third-order valence-electron chi connectivity index (χ3n) is 11.3. The van der Waals surface area contributed by atoms with Gasteiger partial charge < -0.3 is 0 Å². The molecule has 1 aromatic carbocycles. The predicted molar refractivity (Wildman–Crippen MR) is 119 cm³/mol. The summed E-state index contributed by atoms with van der Waals surface area (Å²) in [7, 11) is 0. The minimum atomic E-state index is 0.410. The highest BCUT2D eigenvalue weighted by atomic mass is 14.8. The molecule has 0 aromatic heterocycles. The summed E-state index contributed by atoms with van der Waals surface area (Å²) in [6.07, 6.45) is 8.36. The molecule has 4 fully saturated rings. The average molecular weight is 378 g/mol. The van der Waals surface area contributed by atoms with Gasteiger partial charge in [-0.15, -0.1) is 0 Å². The van der Waals surface area contributed by atoms with Crippen LogP contribution >= 0.6 is 0 Å². The first kappa shape index (κ1) is 18.9. The predicted octanol–water partition coefficient (Wildman–Crippen LogP) is 7.68. The van der Waals surface area contributed by atoms with Gasteiger partial charge in [0.15, 0.2) is 0 Å². The molecule has 0 N–H and O–H groups in total. The van der Waals surface area contributed by atoms with E-state index in [0.29, 0.717) is 33.5 Å². The highest BCUT2D eigenvalue weighted by Crippen LogP contribution is 2.73. The molecule has 0 aliphatic heterocycles. The highest BCUT2D eigenvalue weighted by molar-refractivity contribution is 5.93. The number of rotatable bonds is 3. The van der Waals surface area contributed by atoms with Crippen molar-refractivity contribution in [2.45, 2.75) is 80.1 Å². The molecule has 4 aliphatic carbocycles. The summed E-state index contributed by atoms with van der Waals surface area (Å²) in [5, 5.41) is 0. The fourth-order valence-electron chi connectivity index (χ4n) is 8.35. The van der Waals surface area contributed by atoms with Gasteiger partial charge in [0.25, 0.3) is 0 Å². The Labute approximate surface area is 172 Å². The molecular weight excluding hydrogens is 338 g/mol. The van der Waals surface area contributed by atoms with E-state index < -0.39 is 0 Å². The van der Waals surface area contributed by atoms with Crippen LogP contribution in [-0.2, 0) is 0 Å². The Morgan fingerprint density at radius 3 is 1.57 bits per heavy atom. The summed E-state index contributed by atoms with van der Waals surface area (Å²) in [4.78, 5) is 5.50. The first-order valence-electron chi connectivity index (χ1n) is 11.7. The molecular formula is C27H39N. The van der Waals surface area contributed by atoms with Crippen molar-refractivity contribution in [3.05, 3.63) is 30.3 Å². The van der Waals surface area contributed by atoms with E-state index in [1.54, 1.807) is 5.71 Å². The van der Waals surface area contributed by atoms with Crippen LogP contribution in [0.1, 0.15) is 80.1 Å². The lowest BCUT2D eigenvalue weighted by Crippen LogP contribution is -2.43. The van der Waals surface area contributed by atoms with Gasteiger partial charge in [0.1, 0.15) is 0 Å². The topological polar surface area (TPSA) is 12.4 Å². The zero-order chi connectivity index (χ0) is 19.9. The number of aliphatic imine (C=N–C) groups is 1. The summed E-state index contributed by atoms with van der Waals surface area (Å²) < 4.78 is 0. The van der Waals surface area contributed by atoms with Gasteiger partial charge in [-0.2, -0.15) is 0 Å². The molecule has 152 valence electrons. The van der Waals surface area contributed by atoms with Crippen LogP contribution in [0, 0.1) is 45.3 Å². The van der Waals surface area contributed by atoms with Gasteiger partial charge in [-0.05, 0) is 84.2 Å². The molecule has 1 nitrogen and oxygen atoms in total. The first-order valence-corrected chi connectivity index (χ1v) is 11.7. The molecule has 1 heteroatoms. The fourth-order valence-corrected chi connectivity index (χ4v) is 8.35. The second-order valence-corrected chi connectivity index (χ2v) is 12.2. The molecule has 4 saturated carbocycles. The van der Waals surface area contributed by atoms with E-state index in [0.717, 1.165) is 11.8 Å². The lowest BCUT2D eigenvalue weighted by Gasteiger charge is -2.45. The molecule has 4 aliphatic rings. The molecule has 0 radical (unpaired) electrons. The SMILES string of the molecule is CC1(C)C2CCC1(C)C(C(=Nc1ccccc1)C1CC3CCC1(C)C3(C)C)C2. The van der Waals surface area contributed by atoms with E-state index in [4.69, 9.17) is 4.99 Å². The van der Waals surface area contributed by atoms with Crippen molar-refractivity contribution in [1.29, 1.82) is 0 Å². The molecule has 0 amide bonds. The number of hydrogen-bond donors (Lipinski definition) is 0. The molecule has 28 heavy (non-hydrogen) atoms. The Morgan fingerprint density at radius 1 is 0.750 bits per heavy atom. The van der Waals surface area contributed by atoms with Crippen LogP contribution in [0.25, 0.3) is 0 Å². The van der Waals surface area contributed by atoms with Gasteiger partial charge >= 0.3 is 0 Å². The monoisotopic (exact) mass is 377 g/mol. The maximum Gasteiger partial charge on any atom is 0.0629 e. The van der Waals surface area contributed by atoms with Gasteiger partial charge in [0, 0.05) is 17.5 Å². The third-order valence-corrected chi connectivity index (χ3v) is 11.3. The number of para-hydroxylation sites is 1. The first-order chi connectivity index (χ1) is 13.1. The molecule has 6 unspecified atom stereocenters. The Balaban J connectivity index is 1.62. The van der Waals surface area contributed by atoms with Crippen LogP contribution in [0.3, 0.4) is 0 Å². The van der Waals surface area contributed by atoms with Crippen LogP contribution in [-0.4, -0.2) is 5.71 Å². The highest BCUT2D eigenvalue weighted by Gasteiger charge is 2.67. The lowest BCUT2D eigenvalue weighted by molar-refractivity contribution is 0.110. The summed E-state index contributed by atoms with van der Waals surface area (Å²) in [6, 6.07) is 10.8. The quantitative estimate of drug-likeness (QED) is 0.479. The van der Waals surface area contributed by atoms with Crippen molar-refractivity contribution in [3.63, 3.8) is 0 Å². The smallest absolute Gasteiger partial charge is 0.0629 e. The largest absolute Gasteiger partial charge is 0.257 e. The molecule has 4 bridgehead atoms. The van der Waals surface area contributed by atoms with Crippen LogP contribution in [0.5, 0.6) is 0 Å². The average Bonchev–Trinajstić information content (AvgIpc) is 3.18. The zero-order valence-corrected chi connectivity index (χ0v) is 18.9. The Morgan fingerprint density at radius 2 is 1.21 bits per heavy atom. The lowest BCUT2D eigenvalue weighted by atomic mass is 9.59. The Hall–Kier alpha value is -1.11. The standard InChI is InChI=1S/C27H39N/c1-24(2)18-12-14-26(24,5)21(16-18)23(28-20-10-8-7-9-11-20)22-17-19-13-15-27(22,6)25(19,3)4/h7-11,18-19,21-22H,12-17H2,1-6H3. The van der Waals surface area contributed by atoms with Crippen LogP contribution in [0.2, 0.25) is 0 Å². The number of fused-ring (bicyclic) bond motifs is 4. The van der Waals surface area contributed by atoms with Crippen molar-refractivity contribution >= 4 is 11.4 Å². The maximum absolute atomic E-state index is 5.50. The number of benzene rings is 1. The second-order valence-electron chi connectivity index (χ2n) is 12.2. The van der Waals surface area contributed by atoms with Crippen LogP contribution in [0.4, 0.5) is 5.69 Å². The fraction of sp³-hybridized carbons (Fsp3) is 0.741. The van der Waals surface area contributed by atoms with Crippen molar-refractivity contribution in [2.24, 2.45) is 50.3 Å². The van der Waals surface area contributed by atoms with Crippen LogP contribution in [0.15, 0.2) is 35.3 Å². The van der Waals surface area contributed by atoms with Crippen molar-refractivity contribution < 1.29 is 0 Å². The Bertz CT molecular complexity index is 757. The molecule has 1 aromatic rings. The summed E-state index contributed by atoms with van der Waals surface area (Å²) in [5.41, 5.74) is 4.47. The summed E-state index contributed by atoms with van der Waals surface area (Å²) in [6.45, 7) is 15.4. The molecule has 0 saturated heterocycles. The molecule has 0 heterocycles. The Kier molecular flexibility index (Phi) is 3.87. The van der Waals surface area contributed by atoms with Gasteiger partial charge in [-0.3, -0.25) is 4.99 Å². The van der Waals surface area contributed by atoms with E-state index in [-0.39, 0.29) is 0 Å². The van der Waals surface area contributed by atoms with Crippen molar-refractivity contribution in [1.82, 2.24) is 0 Å². The van der Waals surface area contributed by atoms with E-state index in [9.17, 15) is 0 Å².